The minimum atomic E-state index is 0. The summed E-state index contributed by atoms with van der Waals surface area (Å²) in [6.07, 6.45) is 0. The maximum absolute atomic E-state index is 3.28. The van der Waals surface area contributed by atoms with Crippen molar-refractivity contribution in [3.63, 3.8) is 0 Å². The second-order valence-corrected chi connectivity index (χ2v) is 1.37. The van der Waals surface area contributed by atoms with Gasteiger partial charge >= 0.3 is 18.9 Å². The molecule has 3 heteroatoms. The van der Waals surface area contributed by atoms with Crippen LogP contribution < -0.4 is 24.1 Å². The third-order valence-corrected chi connectivity index (χ3v) is 0.774. The number of hydrogen-bond acceptors (Lipinski definition) is 1. The van der Waals surface area contributed by atoms with E-state index in [1.165, 1.54) is 5.69 Å². The molecule has 0 saturated heterocycles. The molecule has 1 nitrogen and oxygen atoms in total. The maximum Gasteiger partial charge on any atom is 1.00 e. The quantitative estimate of drug-likeness (QED) is 0.393. The average molecular weight is 113 g/mol. The Balaban J connectivity index is 0.000000640. The molecule has 0 aliphatic heterocycles. The summed E-state index contributed by atoms with van der Waals surface area (Å²) in [4.78, 5) is 0. The normalized spacial score (nSPS) is 7.67. The van der Waals surface area contributed by atoms with E-state index >= 15 is 0 Å². The van der Waals surface area contributed by atoms with Crippen LogP contribution in [0.15, 0.2) is 30.3 Å². The molecule has 1 aromatic carbocycles. The van der Waals surface area contributed by atoms with Crippen molar-refractivity contribution >= 4 is 13.7 Å². The summed E-state index contributed by atoms with van der Waals surface area (Å²) < 4.78 is 0. The summed E-state index contributed by atoms with van der Waals surface area (Å²) in [7, 11) is 0.318. The molecule has 0 aliphatic carbocycles. The van der Waals surface area contributed by atoms with Crippen molar-refractivity contribution in [2.24, 2.45) is 0 Å². The van der Waals surface area contributed by atoms with E-state index in [9.17, 15) is 0 Å². The monoisotopic (exact) mass is 113 g/mol. The van der Waals surface area contributed by atoms with Gasteiger partial charge in [0.1, 0.15) is 0 Å². The van der Waals surface area contributed by atoms with E-state index in [-0.39, 0.29) is 18.9 Å². The molecule has 0 bridgehead atoms. The van der Waals surface area contributed by atoms with Gasteiger partial charge in [-0.2, -0.15) is 0 Å². The topological polar surface area (TPSA) is 12.0 Å². The van der Waals surface area contributed by atoms with Crippen LogP contribution in [-0.4, -0.2) is 7.98 Å². The van der Waals surface area contributed by atoms with Crippen molar-refractivity contribution in [1.29, 1.82) is 0 Å². The Morgan fingerprint density at radius 3 is 2.00 bits per heavy atom. The fourth-order valence-corrected chi connectivity index (χ4v) is 0.438. The van der Waals surface area contributed by atoms with Gasteiger partial charge in [-0.3, -0.25) is 0 Å². The third kappa shape index (κ3) is 2.65. The smallest absolute Gasteiger partial charge is 0.567 e. The Hall–Kier alpha value is -0.318. The zero-order chi connectivity index (χ0) is 5.82. The van der Waals surface area contributed by atoms with Gasteiger partial charge in [0.2, 0.25) is 0 Å². The molecular weight excluding hydrogens is 104 g/mol. The first-order valence-corrected chi connectivity index (χ1v) is 2.16. The molecular formula is C6H9BLiN. The van der Waals surface area contributed by atoms with Crippen LogP contribution in [0.1, 0.15) is 0 Å². The molecule has 0 amide bonds. The Bertz CT molecular complexity index is 154. The molecule has 1 rings (SSSR count). The minimum absolute atomic E-state index is 0. The van der Waals surface area contributed by atoms with E-state index in [4.69, 9.17) is 0 Å². The fraction of sp³-hybridized carbons (Fsp3) is 0. The Morgan fingerprint density at radius 1 is 1.11 bits per heavy atom. The molecule has 1 N–H and O–H groups in total. The first-order valence-electron chi connectivity index (χ1n) is 2.16. The molecule has 0 atom stereocenters. The molecule has 0 heterocycles. The Morgan fingerprint density at radius 2 is 1.67 bits per heavy atom. The molecule has 0 aromatic heterocycles. The Labute approximate surface area is 68.5 Å². The number of anilines is 1. The van der Waals surface area contributed by atoms with E-state index in [1.54, 1.807) is 0 Å². The fourth-order valence-electron chi connectivity index (χ4n) is 0.438. The average Bonchev–Trinajstić information content (AvgIpc) is 1.90. The Kier molecular flexibility index (Phi) is 4.39. The largest absolute Gasteiger partial charge is 1.00 e. The summed E-state index contributed by atoms with van der Waals surface area (Å²) in [6.45, 7) is 0. The van der Waals surface area contributed by atoms with Gasteiger partial charge in [0, 0.05) is 7.98 Å². The van der Waals surface area contributed by atoms with E-state index in [2.05, 4.69) is 17.4 Å². The van der Waals surface area contributed by atoms with Crippen LogP contribution in [0.25, 0.3) is 0 Å². The van der Waals surface area contributed by atoms with Crippen molar-refractivity contribution < 1.29 is 18.9 Å². The van der Waals surface area contributed by atoms with Gasteiger partial charge in [-0.1, -0.05) is 18.2 Å². The number of benzene rings is 1. The second-order valence-electron chi connectivity index (χ2n) is 1.37. The van der Waals surface area contributed by atoms with Gasteiger partial charge in [0.05, 0.1) is 0 Å². The molecule has 9 heavy (non-hydrogen) atoms. The van der Waals surface area contributed by atoms with Crippen LogP contribution in [0.3, 0.4) is 0 Å². The molecule has 0 spiro atoms. The molecule has 0 aliphatic rings. The predicted octanol–water partition coefficient (Wildman–Crippen LogP) is -2.62. The van der Waals surface area contributed by atoms with Gasteiger partial charge < -0.3 is 5.23 Å². The van der Waals surface area contributed by atoms with E-state index in [0.29, 0.717) is 7.98 Å². The number of hydrogen-bond donors (Lipinski definition) is 1. The van der Waals surface area contributed by atoms with E-state index < -0.39 is 0 Å². The molecule has 42 valence electrons. The van der Waals surface area contributed by atoms with Gasteiger partial charge in [0.25, 0.3) is 0 Å². The number of rotatable bonds is 1. The van der Waals surface area contributed by atoms with Crippen molar-refractivity contribution in [3.8, 4) is 0 Å². The summed E-state index contributed by atoms with van der Waals surface area (Å²) >= 11 is 0. The number of para-hydroxylation sites is 1. The standard InChI is InChI=1S/C6H9BN.Li/c7-8-6-4-2-1-3-5-6;/h1-5,8H,7H3;/q-1;+1. The van der Waals surface area contributed by atoms with Crippen LogP contribution in [-0.2, 0) is 0 Å². The predicted molar refractivity (Wildman–Crippen MR) is 40.0 cm³/mol. The van der Waals surface area contributed by atoms with Gasteiger partial charge in [-0.25, -0.2) is 0 Å². The zero-order valence-corrected chi connectivity index (χ0v) is 4.89. The van der Waals surface area contributed by atoms with Crippen molar-refractivity contribution in [2.45, 2.75) is 0 Å². The summed E-state index contributed by atoms with van der Waals surface area (Å²) in [5.41, 5.74) is 1.27. The first-order chi connectivity index (χ1) is 3.93. The number of nitrogens with one attached hydrogen (secondary N) is 1. The SMILES string of the molecule is [BH3-]Nc1ccccc1.[Li+]. The van der Waals surface area contributed by atoms with E-state index in [0.717, 1.165) is 0 Å². The van der Waals surface area contributed by atoms with Gasteiger partial charge in [-0.05, 0) is 17.8 Å². The van der Waals surface area contributed by atoms with Crippen molar-refractivity contribution in [3.05, 3.63) is 30.3 Å². The minimum Gasteiger partial charge on any atom is -0.567 e. The van der Waals surface area contributed by atoms with Crippen LogP contribution in [0.4, 0.5) is 5.69 Å². The van der Waals surface area contributed by atoms with Crippen molar-refractivity contribution in [2.75, 3.05) is 5.23 Å². The van der Waals surface area contributed by atoms with Crippen LogP contribution in [0.2, 0.25) is 0 Å². The van der Waals surface area contributed by atoms with Gasteiger partial charge in [0.15, 0.2) is 0 Å². The van der Waals surface area contributed by atoms with Crippen LogP contribution in [0.5, 0.6) is 0 Å². The van der Waals surface area contributed by atoms with Gasteiger partial charge in [-0.15, -0.1) is 0 Å². The summed E-state index contributed by atoms with van der Waals surface area (Å²) in [6, 6.07) is 10.3. The third-order valence-electron chi connectivity index (χ3n) is 0.774. The van der Waals surface area contributed by atoms with E-state index in [1.807, 2.05) is 18.2 Å². The summed E-state index contributed by atoms with van der Waals surface area (Å²) in [5, 5.41) is 3.28. The molecule has 1 aromatic rings. The molecule has 0 saturated carbocycles. The first kappa shape index (κ1) is 8.68. The maximum atomic E-state index is 3.28. The second kappa shape index (κ2) is 4.55. The molecule has 0 radical (unpaired) electrons. The van der Waals surface area contributed by atoms with Crippen LogP contribution >= 0.6 is 0 Å². The van der Waals surface area contributed by atoms with Crippen LogP contribution in [0, 0.1) is 0 Å². The zero-order valence-electron chi connectivity index (χ0n) is 4.89. The molecule has 0 unspecified atom stereocenters. The summed E-state index contributed by atoms with van der Waals surface area (Å²) in [5.74, 6) is 0. The van der Waals surface area contributed by atoms with Crippen molar-refractivity contribution in [1.82, 2.24) is 0 Å². The molecule has 0 fully saturated rings.